The molecule has 9 rings (SSSR count). The number of hydrogen-bond donors (Lipinski definition) is 11. The van der Waals surface area contributed by atoms with Crippen molar-refractivity contribution in [1.29, 1.82) is 0 Å². The summed E-state index contributed by atoms with van der Waals surface area (Å²) in [5, 5.41) is 33.5. The zero-order valence-corrected chi connectivity index (χ0v) is 44.5. The normalized spacial score (nSPS) is 29.5. The third-order valence-corrected chi connectivity index (χ3v) is 18.9. The second-order valence-electron chi connectivity index (χ2n) is 17.7. The summed E-state index contributed by atoms with van der Waals surface area (Å²) in [7, 11) is -21.2. The molecule has 42 heteroatoms. The number of methoxy groups -OCH3 is 2. The van der Waals surface area contributed by atoms with Crippen LogP contribution in [-0.2, 0) is 70.7 Å². The molecule has 6 aromatic heterocycles. The molecule has 0 amide bonds. The predicted octanol–water partition coefficient (Wildman–Crippen LogP) is -3.33. The van der Waals surface area contributed by atoms with Crippen LogP contribution in [0.2, 0.25) is 0 Å². The van der Waals surface area contributed by atoms with Crippen molar-refractivity contribution in [3.05, 3.63) is 58.7 Å². The number of phosphoric acid groups is 3. The van der Waals surface area contributed by atoms with E-state index in [2.05, 4.69) is 55.1 Å². The Morgan fingerprint density at radius 1 is 0.772 bits per heavy atom. The van der Waals surface area contributed by atoms with Crippen LogP contribution in [-0.4, -0.2) is 173 Å². The number of nitrogens with zero attached hydrogens (tertiary/aromatic N) is 10. The summed E-state index contributed by atoms with van der Waals surface area (Å²) in [6.07, 6.45) is -10.0. The van der Waals surface area contributed by atoms with Crippen LogP contribution in [0.15, 0.2) is 47.6 Å². The topological polar surface area (TPSA) is 545 Å². The SMILES string of the molecule is C=CCn1c[n+]([C@@H]2O[C@H](COP(=O)(O)OP(=O)(O)OP(=O)(O)OC[C@H]3O[C@@H](n4cnc5c(N)ncnc54)[C@H](OC)[C@@H]3P(=O)([O-])OC[C@H]3O[C@@H](n4cnc5c(=O)[nH]c(N)nc54)[C@H](O)[C@@H]3O)[C@@H](CCOC)[C@H]2O)c2nc(N)[nH]c(=O)c21. The summed E-state index contributed by atoms with van der Waals surface area (Å²) < 4.78 is 112. The van der Waals surface area contributed by atoms with Crippen molar-refractivity contribution >= 4 is 82.3 Å². The van der Waals surface area contributed by atoms with E-state index in [1.54, 1.807) is 0 Å². The van der Waals surface area contributed by atoms with E-state index < -0.39 is 135 Å². The van der Waals surface area contributed by atoms with E-state index >= 15 is 0 Å². The quantitative estimate of drug-likeness (QED) is 0.0170. The molecule has 16 atom stereocenters. The molecule has 0 aromatic carbocycles. The molecule has 9 heterocycles. The molecule has 3 saturated heterocycles. The van der Waals surface area contributed by atoms with E-state index in [4.69, 9.17) is 54.5 Å². The van der Waals surface area contributed by atoms with Crippen LogP contribution in [0.25, 0.3) is 33.5 Å². The Hall–Kier alpha value is -5.37. The van der Waals surface area contributed by atoms with Gasteiger partial charge in [0.2, 0.25) is 17.7 Å². The lowest BCUT2D eigenvalue weighted by Gasteiger charge is -2.35. The van der Waals surface area contributed by atoms with Crippen LogP contribution < -0.4 is 37.8 Å². The zero-order valence-electron chi connectivity index (χ0n) is 40.9. The highest BCUT2D eigenvalue weighted by molar-refractivity contribution is 7.66. The van der Waals surface area contributed by atoms with E-state index in [9.17, 15) is 62.7 Å². The second kappa shape index (κ2) is 22.5. The Morgan fingerprint density at radius 3 is 2.06 bits per heavy atom. The van der Waals surface area contributed by atoms with Gasteiger partial charge in [0.15, 0.2) is 41.4 Å². The Morgan fingerprint density at radius 2 is 1.39 bits per heavy atom. The van der Waals surface area contributed by atoms with Gasteiger partial charge in [-0.2, -0.15) is 13.6 Å². The summed E-state index contributed by atoms with van der Waals surface area (Å²) in [6.45, 7) is 0.473. The first-order chi connectivity index (χ1) is 37.3. The summed E-state index contributed by atoms with van der Waals surface area (Å²) >= 11 is 0. The van der Waals surface area contributed by atoms with E-state index in [-0.39, 0.29) is 70.8 Å². The van der Waals surface area contributed by atoms with Crippen molar-refractivity contribution in [3.8, 4) is 0 Å². The van der Waals surface area contributed by atoms with Gasteiger partial charge >= 0.3 is 29.1 Å². The Kier molecular flexibility index (Phi) is 16.6. The minimum atomic E-state index is -6.22. The van der Waals surface area contributed by atoms with E-state index in [1.807, 2.05) is 0 Å². The Labute approximate surface area is 441 Å². The van der Waals surface area contributed by atoms with Crippen LogP contribution in [0.4, 0.5) is 17.7 Å². The number of ether oxygens (including phenoxy) is 5. The van der Waals surface area contributed by atoms with Crippen molar-refractivity contribution in [3.63, 3.8) is 0 Å². The van der Waals surface area contributed by atoms with Crippen molar-refractivity contribution in [2.75, 3.05) is 57.8 Å². The first-order valence-corrected chi connectivity index (χ1v) is 29.1. The van der Waals surface area contributed by atoms with E-state index in [0.29, 0.717) is 0 Å². The Balaban J connectivity index is 0.892. The largest absolute Gasteiger partial charge is 0.778 e. The molecule has 0 radical (unpaired) electrons. The van der Waals surface area contributed by atoms with E-state index in [1.165, 1.54) is 33.2 Å². The molecule has 14 N–H and O–H groups in total. The number of nitrogens with one attached hydrogen (secondary N) is 2. The highest BCUT2D eigenvalue weighted by Gasteiger charge is 2.55. The fourth-order valence-electron chi connectivity index (χ4n) is 9.35. The average Bonchev–Trinajstić information content (AvgIpc) is 4.45. The van der Waals surface area contributed by atoms with Gasteiger partial charge in [0, 0.05) is 26.7 Å². The van der Waals surface area contributed by atoms with Gasteiger partial charge in [-0.15, -0.1) is 0 Å². The molecule has 0 bridgehead atoms. The van der Waals surface area contributed by atoms with Gasteiger partial charge in [0.25, 0.3) is 17.1 Å². The van der Waals surface area contributed by atoms with Crippen LogP contribution in [0.5, 0.6) is 0 Å². The second-order valence-corrected chi connectivity index (χ2v) is 24.3. The minimum Gasteiger partial charge on any atom is -0.778 e. The van der Waals surface area contributed by atoms with Crippen LogP contribution in [0.1, 0.15) is 25.1 Å². The van der Waals surface area contributed by atoms with Crippen molar-refractivity contribution in [2.24, 2.45) is 5.92 Å². The number of aromatic nitrogens is 12. The number of aliphatic hydroxyl groups is 3. The van der Waals surface area contributed by atoms with Crippen LogP contribution >= 0.6 is 31.1 Å². The number of aliphatic hydroxyl groups excluding tert-OH is 3. The smallest absolute Gasteiger partial charge is 0.490 e. The van der Waals surface area contributed by atoms with Gasteiger partial charge in [0.1, 0.15) is 50.0 Å². The van der Waals surface area contributed by atoms with Gasteiger partial charge in [-0.3, -0.25) is 42.3 Å². The molecule has 432 valence electrons. The average molecular weight is 1200 g/mol. The fourth-order valence-corrected chi connectivity index (χ4v) is 14.6. The van der Waals surface area contributed by atoms with Gasteiger partial charge in [0.05, 0.1) is 56.9 Å². The van der Waals surface area contributed by atoms with Gasteiger partial charge < -0.3 is 84.9 Å². The molecule has 3 fully saturated rings. The van der Waals surface area contributed by atoms with Gasteiger partial charge in [-0.05, 0) is 6.42 Å². The number of nitrogens with two attached hydrogens (primary N) is 3. The molecular weight excluding hydrogens is 1150 g/mol. The first kappa shape index (κ1) is 58.3. The van der Waals surface area contributed by atoms with Gasteiger partial charge in [-0.25, -0.2) is 38.2 Å². The van der Waals surface area contributed by atoms with Crippen LogP contribution in [0, 0.1) is 5.92 Å². The molecule has 6 aromatic rings. The standard InChI is InChI=1S/C37H51N15O23P4/c1-4-6-49-14-52(30-21(49)32(57)48-37(40)46-30)33-22(53)15(5-7-66-2)16(71-33)8-69-77(60,61)74-79(64,65)75-78(62,63)70-10-18-26(25(67-3)35(73-18)50-12-43-19-27(38)41-11-42-28(19)50)76(58,59)68-9-17-23(54)24(55)34(72-17)51-13-44-20-29(51)45-36(39)47-31(20)56/h4,11-18,22-26,33-35,53-55H,1,5-10H2,2-3H3,(H11-,38,39,40,41,42,45,46,47,48,56,57,58,59,60,61,62,63,64,65)/t15-,16-,17-,18-,22-,23-,24-,25-,26-,33-,34-,35-/m1/s1. The number of fused-ring (bicyclic) bond motifs is 3. The van der Waals surface area contributed by atoms with Crippen molar-refractivity contribution < 1.29 is 104 Å². The molecule has 38 nitrogen and oxygen atoms in total. The fraction of sp³-hybridized carbons (Fsp3) is 0.541. The number of anilines is 3. The number of imidazole rings is 3. The number of phosphoric ester groups is 2. The summed E-state index contributed by atoms with van der Waals surface area (Å²) in [5.74, 6) is -1.66. The number of hydrogen-bond acceptors (Lipinski definition) is 29. The van der Waals surface area contributed by atoms with Crippen molar-refractivity contribution in [2.45, 2.75) is 80.0 Å². The maximum absolute atomic E-state index is 14.3. The number of allylic oxidation sites excluding steroid dienone is 1. The van der Waals surface area contributed by atoms with Crippen molar-refractivity contribution in [1.82, 2.24) is 53.6 Å². The number of aromatic amines is 2. The molecule has 79 heavy (non-hydrogen) atoms. The minimum absolute atomic E-state index is 0.0152. The first-order valence-electron chi connectivity index (χ1n) is 23.0. The number of rotatable bonds is 23. The lowest BCUT2D eigenvalue weighted by molar-refractivity contribution is -0.745. The predicted molar refractivity (Wildman–Crippen MR) is 259 cm³/mol. The van der Waals surface area contributed by atoms with E-state index in [0.717, 1.165) is 30.7 Å². The summed E-state index contributed by atoms with van der Waals surface area (Å²) in [6, 6.07) is 0. The molecule has 0 saturated carbocycles. The molecule has 3 aliphatic rings. The van der Waals surface area contributed by atoms with Crippen LogP contribution in [0.3, 0.4) is 0 Å². The molecular formula is C37H51N15O23P4. The number of nitrogen functional groups attached to an aromatic ring is 3. The molecule has 4 unspecified atom stereocenters. The molecule has 0 spiro atoms. The van der Waals surface area contributed by atoms with Gasteiger partial charge in [-0.1, -0.05) is 17.6 Å². The third-order valence-electron chi connectivity index (χ3n) is 12.8. The summed E-state index contributed by atoms with van der Waals surface area (Å²) in [5.41, 5.74) is 13.6. The number of H-pyrrole nitrogens is 2. The lowest BCUT2D eigenvalue weighted by atomic mass is 9.95. The molecule has 0 aliphatic carbocycles. The maximum atomic E-state index is 14.3. The third kappa shape index (κ3) is 11.7. The molecule has 3 aliphatic heterocycles. The maximum Gasteiger partial charge on any atom is 0.490 e. The zero-order chi connectivity index (χ0) is 57.1. The highest BCUT2D eigenvalue weighted by atomic mass is 31.3. The highest BCUT2D eigenvalue weighted by Crippen LogP contribution is 2.68. The Bertz CT molecular complexity index is 3580. The summed E-state index contributed by atoms with van der Waals surface area (Å²) in [4.78, 5) is 100. The monoisotopic (exact) mass is 1200 g/mol. The lowest BCUT2D eigenvalue weighted by Crippen LogP contribution is -2.45.